The van der Waals surface area contributed by atoms with Crippen LogP contribution in [0.25, 0.3) is 6.08 Å². The lowest BCUT2D eigenvalue weighted by molar-refractivity contribution is -0.117. The number of nitrogens with one attached hydrogen (secondary N) is 1. The first kappa shape index (κ1) is 23.2. The molecule has 0 saturated heterocycles. The van der Waals surface area contributed by atoms with Crippen LogP contribution in [-0.4, -0.2) is 17.6 Å². The van der Waals surface area contributed by atoms with E-state index in [1.165, 1.54) is 0 Å². The molecule has 0 radical (unpaired) electrons. The summed E-state index contributed by atoms with van der Waals surface area (Å²) in [6.45, 7) is 12.6. The fourth-order valence-electron chi connectivity index (χ4n) is 3.26. The summed E-state index contributed by atoms with van der Waals surface area (Å²) in [7, 11) is 0. The number of aromatic hydroxyl groups is 1. The second kappa shape index (κ2) is 9.17. The second-order valence-corrected chi connectivity index (χ2v) is 9.63. The smallest absolute Gasteiger partial charge is 0.261 e. The molecule has 2 aromatic rings. The van der Waals surface area contributed by atoms with E-state index in [4.69, 9.17) is 0 Å². The number of phenols is 1. The Balaban J connectivity index is 2.31. The van der Waals surface area contributed by atoms with Gasteiger partial charge in [-0.3, -0.25) is 4.79 Å². The van der Waals surface area contributed by atoms with E-state index in [1.54, 1.807) is 6.08 Å². The number of carbonyl (C=O) groups is 1. The molecule has 0 atom stereocenters. The predicted molar refractivity (Wildman–Crippen MR) is 122 cm³/mol. The number of nitrogens with zero attached hydrogens (tertiary/aromatic N) is 1. The van der Waals surface area contributed by atoms with Crippen LogP contribution < -0.4 is 5.32 Å². The Morgan fingerprint density at radius 2 is 1.57 bits per heavy atom. The normalized spacial score (nSPS) is 12.4. The minimum absolute atomic E-state index is 0.0495. The first-order chi connectivity index (χ1) is 13.9. The molecule has 0 spiro atoms. The molecule has 0 saturated carbocycles. The van der Waals surface area contributed by atoms with Crippen LogP contribution in [0.5, 0.6) is 5.75 Å². The Kier molecular flexibility index (Phi) is 7.10. The number of carbonyl (C=O) groups excluding carboxylic acids is 1. The molecule has 0 unspecified atom stereocenters. The summed E-state index contributed by atoms with van der Waals surface area (Å²) < 4.78 is 0. The number of hydrogen-bond donors (Lipinski definition) is 2. The van der Waals surface area contributed by atoms with Crippen LogP contribution in [0.2, 0.25) is 0 Å². The molecule has 2 aromatic carbocycles. The van der Waals surface area contributed by atoms with Crippen LogP contribution in [0.3, 0.4) is 0 Å². The fourth-order valence-corrected chi connectivity index (χ4v) is 3.26. The lowest BCUT2D eigenvalue weighted by Crippen LogP contribution is -2.26. The van der Waals surface area contributed by atoms with Crippen LogP contribution in [0, 0.1) is 11.3 Å². The number of rotatable bonds is 5. The molecule has 158 valence electrons. The molecule has 30 heavy (non-hydrogen) atoms. The Hall–Kier alpha value is -3.06. The Morgan fingerprint density at radius 1 is 1.03 bits per heavy atom. The van der Waals surface area contributed by atoms with Gasteiger partial charge in [0, 0.05) is 17.7 Å². The van der Waals surface area contributed by atoms with Gasteiger partial charge in [0.15, 0.2) is 0 Å². The van der Waals surface area contributed by atoms with E-state index >= 15 is 0 Å². The lowest BCUT2D eigenvalue weighted by Gasteiger charge is -2.28. The van der Waals surface area contributed by atoms with Crippen molar-refractivity contribution in [2.24, 2.45) is 0 Å². The summed E-state index contributed by atoms with van der Waals surface area (Å²) in [4.78, 5) is 12.5. The average molecular weight is 405 g/mol. The average Bonchev–Trinajstić information content (AvgIpc) is 2.66. The van der Waals surface area contributed by atoms with Crippen LogP contribution in [0.4, 0.5) is 0 Å². The number of benzene rings is 2. The Bertz CT molecular complexity index is 934. The van der Waals surface area contributed by atoms with Crippen molar-refractivity contribution in [3.8, 4) is 11.8 Å². The Labute approximate surface area is 180 Å². The zero-order valence-electron chi connectivity index (χ0n) is 18.8. The van der Waals surface area contributed by atoms with Gasteiger partial charge in [0.2, 0.25) is 0 Å². The van der Waals surface area contributed by atoms with Crippen LogP contribution >= 0.6 is 0 Å². The third kappa shape index (κ3) is 5.97. The third-order valence-corrected chi connectivity index (χ3v) is 4.97. The van der Waals surface area contributed by atoms with E-state index in [0.717, 1.165) is 22.3 Å². The van der Waals surface area contributed by atoms with Crippen molar-refractivity contribution in [3.05, 3.63) is 70.3 Å². The molecule has 0 aliphatic carbocycles. The molecule has 2 N–H and O–H groups in total. The van der Waals surface area contributed by atoms with Gasteiger partial charge in [0.05, 0.1) is 0 Å². The van der Waals surface area contributed by atoms with Crippen molar-refractivity contribution < 1.29 is 9.90 Å². The summed E-state index contributed by atoms with van der Waals surface area (Å²) in [5, 5.41) is 23.2. The highest BCUT2D eigenvalue weighted by atomic mass is 16.3. The number of amides is 1. The number of nitriles is 1. The minimum atomic E-state index is -0.392. The molecule has 0 aromatic heterocycles. The van der Waals surface area contributed by atoms with Crippen molar-refractivity contribution in [1.29, 1.82) is 5.26 Å². The highest BCUT2D eigenvalue weighted by Crippen LogP contribution is 2.40. The van der Waals surface area contributed by atoms with Gasteiger partial charge < -0.3 is 10.4 Å². The molecular weight excluding hydrogens is 372 g/mol. The first-order valence-electron chi connectivity index (χ1n) is 10.3. The van der Waals surface area contributed by atoms with Crippen molar-refractivity contribution in [3.63, 3.8) is 0 Å². The van der Waals surface area contributed by atoms with E-state index < -0.39 is 5.91 Å². The standard InChI is InChI=1S/C26H32N2O2/c1-25(2,3)21-15-19(16-22(23(21)29)26(4,5)6)14-20(17-27)24(30)28-13-12-18-10-8-7-9-11-18/h7-11,14-16,29H,12-13H2,1-6H3,(H,28,30)/b20-14+. The summed E-state index contributed by atoms with van der Waals surface area (Å²) in [5.41, 5.74) is 2.94. The van der Waals surface area contributed by atoms with Crippen LogP contribution in [0.15, 0.2) is 48.0 Å². The minimum Gasteiger partial charge on any atom is -0.507 e. The van der Waals surface area contributed by atoms with Gasteiger partial charge >= 0.3 is 0 Å². The third-order valence-electron chi connectivity index (χ3n) is 4.97. The van der Waals surface area contributed by atoms with Crippen molar-refractivity contribution >= 4 is 12.0 Å². The maximum absolute atomic E-state index is 12.5. The van der Waals surface area contributed by atoms with Crippen molar-refractivity contribution in [2.75, 3.05) is 6.54 Å². The molecule has 1 amide bonds. The van der Waals surface area contributed by atoms with E-state index in [9.17, 15) is 15.2 Å². The second-order valence-electron chi connectivity index (χ2n) is 9.63. The molecule has 4 nitrogen and oxygen atoms in total. The first-order valence-corrected chi connectivity index (χ1v) is 10.3. The predicted octanol–water partition coefficient (Wildman–Crippen LogP) is 5.25. The monoisotopic (exact) mass is 404 g/mol. The molecular formula is C26H32N2O2. The number of hydrogen-bond acceptors (Lipinski definition) is 3. The summed E-state index contributed by atoms with van der Waals surface area (Å²) in [6, 6.07) is 15.6. The summed E-state index contributed by atoms with van der Waals surface area (Å²) >= 11 is 0. The van der Waals surface area contributed by atoms with Gasteiger partial charge in [-0.2, -0.15) is 5.26 Å². The molecule has 0 fully saturated rings. The summed E-state index contributed by atoms with van der Waals surface area (Å²) in [6.07, 6.45) is 2.30. The molecule has 2 rings (SSSR count). The van der Waals surface area contributed by atoms with Gasteiger partial charge in [-0.1, -0.05) is 71.9 Å². The van der Waals surface area contributed by atoms with E-state index in [2.05, 4.69) is 5.32 Å². The highest BCUT2D eigenvalue weighted by Gasteiger charge is 2.26. The fraction of sp³-hybridized carbons (Fsp3) is 0.385. The van der Waals surface area contributed by atoms with E-state index in [0.29, 0.717) is 13.0 Å². The van der Waals surface area contributed by atoms with Gasteiger partial charge in [-0.15, -0.1) is 0 Å². The maximum atomic E-state index is 12.5. The zero-order chi connectivity index (χ0) is 22.5. The van der Waals surface area contributed by atoms with Gasteiger partial charge in [0.25, 0.3) is 5.91 Å². The topological polar surface area (TPSA) is 73.1 Å². The van der Waals surface area contributed by atoms with E-state index in [1.807, 2.05) is 90.1 Å². The lowest BCUT2D eigenvalue weighted by atomic mass is 9.78. The van der Waals surface area contributed by atoms with Gasteiger partial charge in [-0.25, -0.2) is 0 Å². The molecule has 0 aliphatic heterocycles. The molecule has 4 heteroatoms. The van der Waals surface area contributed by atoms with Gasteiger partial charge in [0.1, 0.15) is 17.4 Å². The molecule has 0 aliphatic rings. The van der Waals surface area contributed by atoms with E-state index in [-0.39, 0.29) is 22.2 Å². The highest BCUT2D eigenvalue weighted by molar-refractivity contribution is 6.01. The maximum Gasteiger partial charge on any atom is 0.261 e. The van der Waals surface area contributed by atoms with Crippen LogP contribution in [0.1, 0.15) is 63.8 Å². The van der Waals surface area contributed by atoms with Crippen LogP contribution in [-0.2, 0) is 22.0 Å². The van der Waals surface area contributed by atoms with Crippen molar-refractivity contribution in [1.82, 2.24) is 5.32 Å². The quantitative estimate of drug-likeness (QED) is 0.528. The summed E-state index contributed by atoms with van der Waals surface area (Å²) in [5.74, 6) is -0.117. The largest absolute Gasteiger partial charge is 0.507 e. The SMILES string of the molecule is CC(C)(C)c1cc(/C=C(\C#N)C(=O)NCCc2ccccc2)cc(C(C)(C)C)c1O. The number of phenolic OH excluding ortho intramolecular Hbond substituents is 1. The van der Waals surface area contributed by atoms with Crippen molar-refractivity contribution in [2.45, 2.75) is 58.8 Å². The zero-order valence-corrected chi connectivity index (χ0v) is 18.8. The molecule has 0 bridgehead atoms. The Morgan fingerprint density at radius 3 is 2.03 bits per heavy atom. The molecule has 0 heterocycles. The van der Waals surface area contributed by atoms with Gasteiger partial charge in [-0.05, 0) is 46.6 Å².